The van der Waals surface area contributed by atoms with Crippen LogP contribution < -0.4 is 10.1 Å². The first-order chi connectivity index (χ1) is 20.2. The molecule has 2 atom stereocenters. The maximum Gasteiger partial charge on any atom is 0.409 e. The smallest absolute Gasteiger partial charge is 0.409 e. The van der Waals surface area contributed by atoms with Crippen LogP contribution in [0.5, 0.6) is 5.75 Å². The number of pyridine rings is 1. The van der Waals surface area contributed by atoms with Gasteiger partial charge in [-0.3, -0.25) is 19.2 Å². The normalized spacial score (nSPS) is 17.6. The number of ether oxygens (including phenoxy) is 2. The Morgan fingerprint density at radius 3 is 2.43 bits per heavy atom. The second-order valence-electron chi connectivity index (χ2n) is 10.1. The fourth-order valence-electron chi connectivity index (χ4n) is 4.88. The second-order valence-corrected chi connectivity index (χ2v) is 10.1. The van der Waals surface area contributed by atoms with E-state index in [0.29, 0.717) is 23.9 Å². The van der Waals surface area contributed by atoms with Crippen molar-refractivity contribution in [2.45, 2.75) is 38.3 Å². The Kier molecular flexibility index (Phi) is 10.1. The number of aliphatic hydroxyl groups is 1. The Morgan fingerprint density at radius 2 is 1.76 bits per heavy atom. The number of aromatic nitrogens is 1. The summed E-state index contributed by atoms with van der Waals surface area (Å²) in [5.74, 6) is -2.37. The lowest BCUT2D eigenvalue weighted by molar-refractivity contribution is -0.138. The number of likely N-dealkylation sites (tertiary alicyclic amines) is 1. The maximum atomic E-state index is 13.4. The van der Waals surface area contributed by atoms with Gasteiger partial charge >= 0.3 is 12.1 Å². The Morgan fingerprint density at radius 1 is 1.05 bits per heavy atom. The molecule has 2 aliphatic heterocycles. The number of carboxylic acid groups (broad SMARTS) is 1. The average molecular weight is 586 g/mol. The molecular weight excluding hydrogens is 550 g/mol. The molecule has 1 aromatic carbocycles. The molecule has 2 saturated heterocycles. The summed E-state index contributed by atoms with van der Waals surface area (Å²) in [4.78, 5) is 71.5. The number of hydrogen-bond donors (Lipinski definition) is 3. The summed E-state index contributed by atoms with van der Waals surface area (Å²) < 4.78 is 10.8. The van der Waals surface area contributed by atoms with Crippen LogP contribution in [0.15, 0.2) is 30.3 Å². The summed E-state index contributed by atoms with van der Waals surface area (Å²) in [7, 11) is 0. The van der Waals surface area contributed by atoms with E-state index in [1.165, 1.54) is 20.8 Å². The van der Waals surface area contributed by atoms with E-state index in [4.69, 9.17) is 9.47 Å². The highest BCUT2D eigenvalue weighted by molar-refractivity contribution is 5.99. The first-order valence-corrected chi connectivity index (χ1v) is 13.9. The number of piperazine rings is 1. The number of carbonyl (C=O) groups is 5. The minimum absolute atomic E-state index is 0.0759. The molecule has 0 spiro atoms. The summed E-state index contributed by atoms with van der Waals surface area (Å²) >= 11 is 0. The van der Waals surface area contributed by atoms with Gasteiger partial charge in [0, 0.05) is 57.1 Å². The third-order valence-electron chi connectivity index (χ3n) is 7.15. The molecule has 0 saturated carbocycles. The minimum Gasteiger partial charge on any atom is -0.483 e. The number of aliphatic carboxylic acids is 1. The van der Waals surface area contributed by atoms with E-state index >= 15 is 0 Å². The van der Waals surface area contributed by atoms with Gasteiger partial charge in [-0.2, -0.15) is 0 Å². The number of fused-ring (bicyclic) bond motifs is 1. The Balaban J connectivity index is 1.48. The summed E-state index contributed by atoms with van der Waals surface area (Å²) in [6, 6.07) is 7.13. The summed E-state index contributed by atoms with van der Waals surface area (Å²) in [5, 5.41) is 22.2. The number of carbonyl (C=O) groups excluding carboxylic acids is 4. The van der Waals surface area contributed by atoms with Crippen LogP contribution in [0.1, 0.15) is 36.7 Å². The monoisotopic (exact) mass is 585 g/mol. The molecule has 0 bridgehead atoms. The predicted octanol–water partition coefficient (Wildman–Crippen LogP) is 0.471. The van der Waals surface area contributed by atoms with Crippen molar-refractivity contribution in [3.8, 4) is 5.75 Å². The van der Waals surface area contributed by atoms with Gasteiger partial charge in [0.1, 0.15) is 17.5 Å². The van der Waals surface area contributed by atoms with Gasteiger partial charge in [0.2, 0.25) is 5.91 Å². The van der Waals surface area contributed by atoms with Gasteiger partial charge in [-0.05, 0) is 31.9 Å². The number of para-hydroxylation sites is 1. The zero-order chi connectivity index (χ0) is 30.2. The lowest BCUT2D eigenvalue weighted by atomic mass is 10.1. The van der Waals surface area contributed by atoms with Crippen LogP contribution in [0.4, 0.5) is 4.79 Å². The fourth-order valence-corrected chi connectivity index (χ4v) is 4.88. The van der Waals surface area contributed by atoms with Gasteiger partial charge in [0.25, 0.3) is 11.8 Å². The molecule has 226 valence electrons. The summed E-state index contributed by atoms with van der Waals surface area (Å²) in [6.45, 7) is 3.17. The molecule has 4 amide bonds. The number of nitrogens with zero attached hydrogens (tertiary/aromatic N) is 4. The van der Waals surface area contributed by atoms with Gasteiger partial charge < -0.3 is 39.7 Å². The van der Waals surface area contributed by atoms with E-state index in [0.717, 1.165) is 0 Å². The molecule has 1 aromatic heterocycles. The second kappa shape index (κ2) is 13.9. The van der Waals surface area contributed by atoms with Crippen molar-refractivity contribution in [3.63, 3.8) is 0 Å². The van der Waals surface area contributed by atoms with Gasteiger partial charge in [-0.1, -0.05) is 12.1 Å². The van der Waals surface area contributed by atoms with Crippen molar-refractivity contribution in [2.24, 2.45) is 0 Å². The zero-order valence-electron chi connectivity index (χ0n) is 23.4. The van der Waals surface area contributed by atoms with Gasteiger partial charge in [0.05, 0.1) is 18.2 Å². The molecule has 2 aromatic rings. The van der Waals surface area contributed by atoms with Crippen LogP contribution in [-0.2, 0) is 19.1 Å². The van der Waals surface area contributed by atoms with Crippen molar-refractivity contribution in [1.82, 2.24) is 25.0 Å². The van der Waals surface area contributed by atoms with Crippen LogP contribution in [0.25, 0.3) is 10.9 Å². The average Bonchev–Trinajstić information content (AvgIpc) is 3.43. The number of hydrogen-bond acceptors (Lipinski definition) is 9. The van der Waals surface area contributed by atoms with Gasteiger partial charge in [-0.15, -0.1) is 0 Å². The molecule has 0 aliphatic carbocycles. The Hall–Kier alpha value is -4.46. The number of rotatable bonds is 10. The quantitative estimate of drug-likeness (QED) is 0.355. The number of carboxylic acids is 1. The number of β-amino-alcohol motifs (C(OH)–C–C–N with tert-alkyl or cyclic N) is 1. The molecule has 2 fully saturated rings. The Bertz CT molecular complexity index is 1330. The van der Waals surface area contributed by atoms with Crippen LogP contribution in [0.2, 0.25) is 0 Å². The number of amides is 4. The Labute approximate surface area is 242 Å². The van der Waals surface area contributed by atoms with E-state index in [2.05, 4.69) is 10.3 Å². The lowest BCUT2D eigenvalue weighted by Gasteiger charge is -2.35. The summed E-state index contributed by atoms with van der Waals surface area (Å²) in [6.07, 6.45) is -1.04. The topological polar surface area (TPSA) is 179 Å². The molecule has 4 rings (SSSR count). The molecule has 2 unspecified atom stereocenters. The minimum atomic E-state index is -1.15. The van der Waals surface area contributed by atoms with E-state index in [9.17, 15) is 34.2 Å². The van der Waals surface area contributed by atoms with Crippen molar-refractivity contribution in [2.75, 3.05) is 52.5 Å². The first-order valence-electron chi connectivity index (χ1n) is 13.9. The summed E-state index contributed by atoms with van der Waals surface area (Å²) in [5.41, 5.74) is 0.348. The fraction of sp³-hybridized carbons (Fsp3) is 0.500. The highest BCUT2D eigenvalue weighted by Crippen LogP contribution is 2.26. The molecule has 3 N–H and O–H groups in total. The van der Waals surface area contributed by atoms with E-state index in [-0.39, 0.29) is 76.1 Å². The first kappa shape index (κ1) is 30.5. The SMILES string of the molecule is CCOC(=O)N1CCN(C(=O)C(CCC(=O)O)NC(=O)c2cc(OCC(=O)N3CCC(O)C3)c3ccccc3n2)CC1. The van der Waals surface area contributed by atoms with Crippen LogP contribution >= 0.6 is 0 Å². The van der Waals surface area contributed by atoms with Crippen molar-refractivity contribution < 1.29 is 43.7 Å². The molecule has 3 heterocycles. The lowest BCUT2D eigenvalue weighted by Crippen LogP contribution is -2.56. The van der Waals surface area contributed by atoms with E-state index < -0.39 is 36.0 Å². The largest absolute Gasteiger partial charge is 0.483 e. The standard InChI is InChI=1S/C28H35N5O9/c1-2-41-28(40)32-13-11-31(12-14-32)27(39)21(7-8-25(36)37)30-26(38)22-15-23(19-5-3-4-6-20(19)29-22)42-17-24(35)33-10-9-18(34)16-33/h3-6,15,18,21,34H,2,7-14,16-17H2,1H3,(H,30,38)(H,36,37). The number of aliphatic hydroxyl groups excluding tert-OH is 1. The van der Waals surface area contributed by atoms with Crippen LogP contribution in [0.3, 0.4) is 0 Å². The van der Waals surface area contributed by atoms with Crippen molar-refractivity contribution in [3.05, 3.63) is 36.0 Å². The zero-order valence-corrected chi connectivity index (χ0v) is 23.4. The highest BCUT2D eigenvalue weighted by Gasteiger charge is 2.31. The maximum absolute atomic E-state index is 13.4. The van der Waals surface area contributed by atoms with Gasteiger partial charge in [0.15, 0.2) is 6.61 Å². The third kappa shape index (κ3) is 7.63. The van der Waals surface area contributed by atoms with E-state index in [1.54, 1.807) is 31.2 Å². The third-order valence-corrected chi connectivity index (χ3v) is 7.15. The molecule has 14 heteroatoms. The van der Waals surface area contributed by atoms with E-state index in [1.807, 2.05) is 0 Å². The molecule has 0 radical (unpaired) electrons. The molecule has 2 aliphatic rings. The van der Waals surface area contributed by atoms with Gasteiger partial charge in [-0.25, -0.2) is 9.78 Å². The van der Waals surface area contributed by atoms with Crippen LogP contribution in [0, 0.1) is 0 Å². The number of nitrogens with one attached hydrogen (secondary N) is 1. The van der Waals surface area contributed by atoms with Crippen molar-refractivity contribution in [1.29, 1.82) is 0 Å². The molecule has 14 nitrogen and oxygen atoms in total. The van der Waals surface area contributed by atoms with Crippen molar-refractivity contribution >= 4 is 40.7 Å². The molecule has 42 heavy (non-hydrogen) atoms. The predicted molar refractivity (Wildman–Crippen MR) is 148 cm³/mol. The number of benzene rings is 1. The highest BCUT2D eigenvalue weighted by atomic mass is 16.6. The molecular formula is C28H35N5O9. The van der Waals surface area contributed by atoms with Crippen LogP contribution in [-0.4, -0.2) is 124 Å².